The third kappa shape index (κ3) is 3.47. The largest absolute Gasteiger partial charge is 0.396 e. The fraction of sp³-hybridized carbons (Fsp3) is 0.200. The zero-order valence-corrected chi connectivity index (χ0v) is 11.6. The second-order valence-corrected chi connectivity index (χ2v) is 5.17. The molecule has 0 saturated carbocycles. The lowest BCUT2D eigenvalue weighted by Gasteiger charge is -2.16. The van der Waals surface area contributed by atoms with Crippen molar-refractivity contribution in [3.05, 3.63) is 69.5 Å². The van der Waals surface area contributed by atoms with Crippen molar-refractivity contribution in [2.45, 2.75) is 12.3 Å². The van der Waals surface area contributed by atoms with Crippen LogP contribution in [0, 0.1) is 5.82 Å². The summed E-state index contributed by atoms with van der Waals surface area (Å²) in [5.41, 5.74) is 1.75. The molecule has 0 amide bonds. The quantitative estimate of drug-likeness (QED) is 0.884. The molecule has 0 fully saturated rings. The highest BCUT2D eigenvalue weighted by Gasteiger charge is 2.15. The summed E-state index contributed by atoms with van der Waals surface area (Å²) in [4.78, 5) is 0. The molecule has 0 aliphatic rings. The van der Waals surface area contributed by atoms with E-state index in [0.29, 0.717) is 11.4 Å². The summed E-state index contributed by atoms with van der Waals surface area (Å²) in [6.45, 7) is -0.0290. The molecular formula is C15H13Cl2FO. The average molecular weight is 299 g/mol. The Morgan fingerprint density at radius 1 is 1.05 bits per heavy atom. The van der Waals surface area contributed by atoms with Crippen molar-refractivity contribution in [3.63, 3.8) is 0 Å². The van der Waals surface area contributed by atoms with Crippen LogP contribution in [0.2, 0.25) is 10.0 Å². The van der Waals surface area contributed by atoms with Crippen LogP contribution in [0.15, 0.2) is 42.5 Å². The molecule has 0 aliphatic carbocycles. The summed E-state index contributed by atoms with van der Waals surface area (Å²) in [6.07, 6.45) is 0.556. The van der Waals surface area contributed by atoms with Crippen LogP contribution in [-0.2, 0) is 6.42 Å². The number of aliphatic hydroxyl groups excluding tert-OH is 1. The van der Waals surface area contributed by atoms with Gasteiger partial charge in [-0.05, 0) is 35.7 Å². The van der Waals surface area contributed by atoms with E-state index >= 15 is 0 Å². The maximum Gasteiger partial charge on any atom is 0.141 e. The van der Waals surface area contributed by atoms with Gasteiger partial charge in [-0.15, -0.1) is 0 Å². The third-order valence-electron chi connectivity index (χ3n) is 3.03. The van der Waals surface area contributed by atoms with E-state index in [1.807, 2.05) is 18.2 Å². The van der Waals surface area contributed by atoms with Crippen molar-refractivity contribution in [1.29, 1.82) is 0 Å². The first-order valence-corrected chi connectivity index (χ1v) is 6.66. The molecule has 0 spiro atoms. The van der Waals surface area contributed by atoms with Gasteiger partial charge in [0.15, 0.2) is 0 Å². The van der Waals surface area contributed by atoms with Gasteiger partial charge < -0.3 is 5.11 Å². The lowest BCUT2D eigenvalue weighted by atomic mass is 9.92. The normalized spacial score (nSPS) is 12.4. The Kier molecular flexibility index (Phi) is 4.81. The maximum atomic E-state index is 13.1. The minimum Gasteiger partial charge on any atom is -0.396 e. The lowest BCUT2D eigenvalue weighted by Crippen LogP contribution is -2.08. The van der Waals surface area contributed by atoms with Crippen molar-refractivity contribution in [1.82, 2.24) is 0 Å². The smallest absolute Gasteiger partial charge is 0.141 e. The first-order valence-electron chi connectivity index (χ1n) is 5.91. The van der Waals surface area contributed by atoms with Crippen LogP contribution in [0.4, 0.5) is 4.39 Å². The number of hydrogen-bond donors (Lipinski definition) is 1. The number of rotatable bonds is 4. The van der Waals surface area contributed by atoms with Crippen LogP contribution < -0.4 is 0 Å². The molecule has 1 N–H and O–H groups in total. The van der Waals surface area contributed by atoms with Crippen LogP contribution in [-0.4, -0.2) is 11.7 Å². The van der Waals surface area contributed by atoms with Crippen molar-refractivity contribution in [2.75, 3.05) is 6.61 Å². The minimum atomic E-state index is -0.441. The highest BCUT2D eigenvalue weighted by molar-refractivity contribution is 6.31. The molecule has 4 heteroatoms. The van der Waals surface area contributed by atoms with E-state index in [9.17, 15) is 9.50 Å². The third-order valence-corrected chi connectivity index (χ3v) is 3.67. The molecular weight excluding hydrogens is 286 g/mol. The zero-order valence-electron chi connectivity index (χ0n) is 10.1. The van der Waals surface area contributed by atoms with E-state index in [1.54, 1.807) is 18.2 Å². The molecule has 1 unspecified atom stereocenters. The molecule has 2 aromatic rings. The lowest BCUT2D eigenvalue weighted by molar-refractivity contribution is 0.264. The molecule has 19 heavy (non-hydrogen) atoms. The summed E-state index contributed by atoms with van der Waals surface area (Å²) in [6, 6.07) is 12.0. The molecule has 100 valence electrons. The Morgan fingerprint density at radius 2 is 1.79 bits per heavy atom. The van der Waals surface area contributed by atoms with E-state index in [2.05, 4.69) is 0 Å². The molecule has 0 radical (unpaired) electrons. The molecule has 0 aliphatic heterocycles. The predicted octanol–water partition coefficient (Wildman–Crippen LogP) is 4.45. The molecule has 0 aromatic heterocycles. The molecule has 0 bridgehead atoms. The summed E-state index contributed by atoms with van der Waals surface area (Å²) in [5, 5.41) is 10.2. The Bertz CT molecular complexity index is 572. The Balaban J connectivity index is 2.24. The number of aliphatic hydroxyl groups is 1. The second-order valence-electron chi connectivity index (χ2n) is 4.35. The molecule has 1 nitrogen and oxygen atoms in total. The highest BCUT2D eigenvalue weighted by atomic mass is 35.5. The van der Waals surface area contributed by atoms with Gasteiger partial charge in [-0.2, -0.15) is 0 Å². The van der Waals surface area contributed by atoms with Gasteiger partial charge in [-0.3, -0.25) is 0 Å². The van der Waals surface area contributed by atoms with Crippen LogP contribution >= 0.6 is 23.2 Å². The van der Waals surface area contributed by atoms with Crippen molar-refractivity contribution in [2.24, 2.45) is 0 Å². The Labute approximate surface area is 121 Å². The van der Waals surface area contributed by atoms with Gasteiger partial charge in [0.05, 0.1) is 11.6 Å². The van der Waals surface area contributed by atoms with Gasteiger partial charge in [0.25, 0.3) is 0 Å². The fourth-order valence-electron chi connectivity index (χ4n) is 2.03. The van der Waals surface area contributed by atoms with E-state index < -0.39 is 5.82 Å². The van der Waals surface area contributed by atoms with Crippen LogP contribution in [0.3, 0.4) is 0 Å². The minimum absolute atomic E-state index is 0.0290. The topological polar surface area (TPSA) is 20.2 Å². The number of benzene rings is 2. The van der Waals surface area contributed by atoms with Gasteiger partial charge in [0.1, 0.15) is 5.82 Å². The summed E-state index contributed by atoms with van der Waals surface area (Å²) in [7, 11) is 0. The predicted molar refractivity (Wildman–Crippen MR) is 76.4 cm³/mol. The Morgan fingerprint density at radius 3 is 2.42 bits per heavy atom. The van der Waals surface area contributed by atoms with Gasteiger partial charge in [-0.1, -0.05) is 47.5 Å². The van der Waals surface area contributed by atoms with E-state index in [0.717, 1.165) is 11.1 Å². The first-order chi connectivity index (χ1) is 9.11. The summed E-state index contributed by atoms with van der Waals surface area (Å²) >= 11 is 11.9. The van der Waals surface area contributed by atoms with E-state index in [-0.39, 0.29) is 17.5 Å². The van der Waals surface area contributed by atoms with Gasteiger partial charge in [0, 0.05) is 10.9 Å². The van der Waals surface area contributed by atoms with Crippen LogP contribution in [0.5, 0.6) is 0 Å². The summed E-state index contributed by atoms with van der Waals surface area (Å²) < 4.78 is 13.1. The number of hydrogen-bond acceptors (Lipinski definition) is 1. The van der Waals surface area contributed by atoms with Gasteiger partial charge in [-0.25, -0.2) is 4.39 Å². The Hall–Kier alpha value is -1.09. The molecule has 0 saturated heterocycles. The molecule has 0 heterocycles. The first kappa shape index (κ1) is 14.3. The monoisotopic (exact) mass is 298 g/mol. The second kappa shape index (κ2) is 6.38. The maximum absolute atomic E-state index is 13.1. The standard InChI is InChI=1S/C15H13Cl2FO/c16-13-4-2-1-3-12(13)11(9-19)7-10-5-6-15(18)14(17)8-10/h1-6,8,11,19H,7,9H2. The van der Waals surface area contributed by atoms with Crippen molar-refractivity contribution < 1.29 is 9.50 Å². The van der Waals surface area contributed by atoms with E-state index in [4.69, 9.17) is 23.2 Å². The highest BCUT2D eigenvalue weighted by Crippen LogP contribution is 2.28. The molecule has 1 atom stereocenters. The zero-order chi connectivity index (χ0) is 13.8. The molecule has 2 aromatic carbocycles. The number of halogens is 3. The van der Waals surface area contributed by atoms with E-state index in [1.165, 1.54) is 6.07 Å². The summed E-state index contributed by atoms with van der Waals surface area (Å²) in [5.74, 6) is -0.570. The molecule has 2 rings (SSSR count). The van der Waals surface area contributed by atoms with Gasteiger partial charge >= 0.3 is 0 Å². The SMILES string of the molecule is OCC(Cc1ccc(F)c(Cl)c1)c1ccccc1Cl. The van der Waals surface area contributed by atoms with Crippen LogP contribution in [0.1, 0.15) is 17.0 Å². The average Bonchev–Trinajstić information content (AvgIpc) is 2.41. The van der Waals surface area contributed by atoms with Crippen LogP contribution in [0.25, 0.3) is 0 Å². The van der Waals surface area contributed by atoms with Crippen molar-refractivity contribution >= 4 is 23.2 Å². The van der Waals surface area contributed by atoms with Crippen molar-refractivity contribution in [3.8, 4) is 0 Å². The fourth-order valence-corrected chi connectivity index (χ4v) is 2.52. The van der Waals surface area contributed by atoms with Gasteiger partial charge in [0.2, 0.25) is 0 Å².